The van der Waals surface area contributed by atoms with Crippen molar-refractivity contribution >= 4 is 12.4 Å². The number of hydrogen-bond donors (Lipinski definition) is 0. The number of aldehydes is 1. The zero-order chi connectivity index (χ0) is 14.7. The number of rotatable bonds is 5. The molecule has 1 saturated heterocycles. The van der Waals surface area contributed by atoms with Crippen molar-refractivity contribution in [3.63, 3.8) is 0 Å². The summed E-state index contributed by atoms with van der Waals surface area (Å²) in [4.78, 5) is 24.9. The van der Waals surface area contributed by atoms with E-state index in [9.17, 15) is 9.59 Å². The second-order valence-corrected chi connectivity index (χ2v) is 6.93. The van der Waals surface area contributed by atoms with Crippen molar-refractivity contribution in [1.82, 2.24) is 4.90 Å². The summed E-state index contributed by atoms with van der Waals surface area (Å²) in [7, 11) is 0. The highest BCUT2D eigenvalue weighted by molar-refractivity contribution is 5.74. The molecule has 1 atom stereocenters. The van der Waals surface area contributed by atoms with Crippen LogP contribution in [0, 0.1) is 5.41 Å². The maximum atomic E-state index is 12.2. The molecule has 0 aliphatic carbocycles. The van der Waals surface area contributed by atoms with Crippen molar-refractivity contribution in [2.45, 2.75) is 71.9 Å². The van der Waals surface area contributed by atoms with E-state index in [1.54, 1.807) is 4.90 Å². The van der Waals surface area contributed by atoms with Crippen LogP contribution in [0.3, 0.4) is 0 Å². The van der Waals surface area contributed by atoms with Gasteiger partial charge in [0.1, 0.15) is 11.9 Å². The van der Waals surface area contributed by atoms with Crippen LogP contribution in [-0.2, 0) is 9.53 Å². The molecule has 1 fully saturated rings. The first-order valence-electron chi connectivity index (χ1n) is 7.16. The molecule has 1 unspecified atom stereocenters. The van der Waals surface area contributed by atoms with Gasteiger partial charge in [-0.05, 0) is 38.5 Å². The Labute approximate surface area is 116 Å². The Morgan fingerprint density at radius 3 is 2.63 bits per heavy atom. The third-order valence-electron chi connectivity index (χ3n) is 3.65. The molecule has 4 heteroatoms. The van der Waals surface area contributed by atoms with Crippen LogP contribution in [0.5, 0.6) is 0 Å². The Morgan fingerprint density at radius 2 is 2.11 bits per heavy atom. The van der Waals surface area contributed by atoms with E-state index in [0.29, 0.717) is 13.0 Å². The molecule has 0 N–H and O–H groups in total. The van der Waals surface area contributed by atoms with Crippen LogP contribution >= 0.6 is 0 Å². The van der Waals surface area contributed by atoms with Gasteiger partial charge in [-0.15, -0.1) is 0 Å². The van der Waals surface area contributed by atoms with E-state index in [-0.39, 0.29) is 17.6 Å². The highest BCUT2D eigenvalue weighted by atomic mass is 16.6. The number of ether oxygens (including phenoxy) is 1. The monoisotopic (exact) mass is 269 g/mol. The number of hydrogen-bond acceptors (Lipinski definition) is 3. The van der Waals surface area contributed by atoms with Crippen molar-refractivity contribution < 1.29 is 14.3 Å². The summed E-state index contributed by atoms with van der Waals surface area (Å²) in [6.45, 7) is 10.7. The SMILES string of the molecule is CCCCC(C)(C)OC(=O)N1CC(C)(C)CC1C=O. The quantitative estimate of drug-likeness (QED) is 0.719. The first kappa shape index (κ1) is 16.0. The molecular formula is C15H27NO3. The maximum Gasteiger partial charge on any atom is 0.410 e. The summed E-state index contributed by atoms with van der Waals surface area (Å²) in [5.74, 6) is 0. The average Bonchev–Trinajstić information content (AvgIpc) is 2.61. The highest BCUT2D eigenvalue weighted by Crippen LogP contribution is 2.34. The normalized spacial score (nSPS) is 22.4. The second-order valence-electron chi connectivity index (χ2n) is 6.93. The summed E-state index contributed by atoms with van der Waals surface area (Å²) in [5.41, 5.74) is -0.481. The molecule has 0 aromatic rings. The predicted octanol–water partition coefficient (Wildman–Crippen LogP) is 3.39. The minimum atomic E-state index is -0.465. The van der Waals surface area contributed by atoms with E-state index >= 15 is 0 Å². The van der Waals surface area contributed by atoms with Gasteiger partial charge in [0.05, 0.1) is 6.04 Å². The van der Waals surface area contributed by atoms with E-state index < -0.39 is 5.60 Å². The molecule has 1 amide bonds. The van der Waals surface area contributed by atoms with Gasteiger partial charge in [-0.3, -0.25) is 4.90 Å². The fourth-order valence-electron chi connectivity index (χ4n) is 2.59. The number of likely N-dealkylation sites (tertiary alicyclic amines) is 1. The molecule has 1 rings (SSSR count). The third-order valence-corrected chi connectivity index (χ3v) is 3.65. The Kier molecular flexibility index (Phi) is 4.99. The lowest BCUT2D eigenvalue weighted by molar-refractivity contribution is -0.111. The predicted molar refractivity (Wildman–Crippen MR) is 75.0 cm³/mol. The molecule has 19 heavy (non-hydrogen) atoms. The van der Waals surface area contributed by atoms with Gasteiger partial charge in [-0.1, -0.05) is 27.2 Å². The van der Waals surface area contributed by atoms with Crippen molar-refractivity contribution in [1.29, 1.82) is 0 Å². The lowest BCUT2D eigenvalue weighted by Gasteiger charge is -2.29. The van der Waals surface area contributed by atoms with Crippen molar-refractivity contribution in [2.75, 3.05) is 6.54 Å². The summed E-state index contributed by atoms with van der Waals surface area (Å²) < 4.78 is 5.58. The van der Waals surface area contributed by atoms with E-state index in [1.165, 1.54) is 0 Å². The number of unbranched alkanes of at least 4 members (excludes halogenated alkanes) is 1. The molecule has 1 aliphatic heterocycles. The number of carbonyl (C=O) groups is 2. The molecule has 1 heterocycles. The van der Waals surface area contributed by atoms with Crippen LogP contribution in [0.15, 0.2) is 0 Å². The molecule has 4 nitrogen and oxygen atoms in total. The lowest BCUT2D eigenvalue weighted by Crippen LogP contribution is -2.41. The van der Waals surface area contributed by atoms with Crippen LogP contribution < -0.4 is 0 Å². The van der Waals surface area contributed by atoms with Gasteiger partial charge in [0, 0.05) is 6.54 Å². The first-order chi connectivity index (χ1) is 8.71. The Balaban J connectivity index is 2.64. The Hall–Kier alpha value is -1.06. The van der Waals surface area contributed by atoms with Crippen molar-refractivity contribution in [3.8, 4) is 0 Å². The summed E-state index contributed by atoms with van der Waals surface area (Å²) in [5, 5.41) is 0. The Morgan fingerprint density at radius 1 is 1.47 bits per heavy atom. The van der Waals surface area contributed by atoms with Gasteiger partial charge in [0.15, 0.2) is 0 Å². The fraction of sp³-hybridized carbons (Fsp3) is 0.867. The van der Waals surface area contributed by atoms with Crippen molar-refractivity contribution in [3.05, 3.63) is 0 Å². The van der Waals surface area contributed by atoms with Gasteiger partial charge in [0.25, 0.3) is 0 Å². The smallest absolute Gasteiger partial charge is 0.410 e. The summed E-state index contributed by atoms with van der Waals surface area (Å²) in [6.07, 6.45) is 4.16. The van der Waals surface area contributed by atoms with Gasteiger partial charge < -0.3 is 9.53 Å². The molecule has 0 bridgehead atoms. The van der Waals surface area contributed by atoms with Crippen LogP contribution in [0.2, 0.25) is 0 Å². The second kappa shape index (κ2) is 5.93. The molecule has 110 valence electrons. The molecule has 0 aromatic heterocycles. The van der Waals surface area contributed by atoms with E-state index in [1.807, 2.05) is 13.8 Å². The zero-order valence-corrected chi connectivity index (χ0v) is 12.9. The van der Waals surface area contributed by atoms with Crippen LogP contribution in [0.1, 0.15) is 60.3 Å². The molecule has 0 aromatic carbocycles. The van der Waals surface area contributed by atoms with Gasteiger partial charge in [0.2, 0.25) is 0 Å². The minimum absolute atomic E-state index is 0.0157. The number of nitrogens with zero attached hydrogens (tertiary/aromatic N) is 1. The largest absolute Gasteiger partial charge is 0.443 e. The molecule has 1 aliphatic rings. The molecule has 0 spiro atoms. The zero-order valence-electron chi connectivity index (χ0n) is 12.9. The summed E-state index contributed by atoms with van der Waals surface area (Å²) >= 11 is 0. The molecular weight excluding hydrogens is 242 g/mol. The lowest BCUT2D eigenvalue weighted by atomic mass is 9.91. The third kappa shape index (κ3) is 4.51. The van der Waals surface area contributed by atoms with E-state index in [4.69, 9.17) is 4.74 Å². The molecule has 0 radical (unpaired) electrons. The summed E-state index contributed by atoms with van der Waals surface area (Å²) in [6, 6.07) is -0.343. The standard InChI is InChI=1S/C15H27NO3/c1-6-7-8-15(4,5)19-13(18)16-11-14(2,3)9-12(16)10-17/h10,12H,6-9,11H2,1-5H3. The van der Waals surface area contributed by atoms with Crippen LogP contribution in [0.4, 0.5) is 4.79 Å². The van der Waals surface area contributed by atoms with E-state index in [0.717, 1.165) is 25.5 Å². The Bertz CT molecular complexity index is 336. The topological polar surface area (TPSA) is 46.6 Å². The van der Waals surface area contributed by atoms with E-state index in [2.05, 4.69) is 20.8 Å². The highest BCUT2D eigenvalue weighted by Gasteiger charge is 2.41. The first-order valence-corrected chi connectivity index (χ1v) is 7.16. The van der Waals surface area contributed by atoms with Gasteiger partial charge >= 0.3 is 6.09 Å². The average molecular weight is 269 g/mol. The fourth-order valence-corrected chi connectivity index (χ4v) is 2.59. The van der Waals surface area contributed by atoms with Gasteiger partial charge in [-0.25, -0.2) is 4.79 Å². The number of carbonyl (C=O) groups excluding carboxylic acids is 2. The number of amides is 1. The van der Waals surface area contributed by atoms with Gasteiger partial charge in [-0.2, -0.15) is 0 Å². The molecule has 0 saturated carbocycles. The van der Waals surface area contributed by atoms with Crippen LogP contribution in [0.25, 0.3) is 0 Å². The maximum absolute atomic E-state index is 12.2. The van der Waals surface area contributed by atoms with Crippen LogP contribution in [-0.4, -0.2) is 35.5 Å². The minimum Gasteiger partial charge on any atom is -0.443 e. The van der Waals surface area contributed by atoms with Crippen molar-refractivity contribution in [2.24, 2.45) is 5.41 Å².